The zero-order valence-electron chi connectivity index (χ0n) is 12.2. The normalized spacial score (nSPS) is 14.2. The Hall–Kier alpha value is 0.137. The molecule has 2 nitrogen and oxygen atoms in total. The summed E-state index contributed by atoms with van der Waals surface area (Å²) in [6.45, 7) is 16.9. The molecule has 3 heteroatoms. The predicted molar refractivity (Wildman–Crippen MR) is 73.2 cm³/mol. The Balaban J connectivity index is 4.23. The van der Waals surface area contributed by atoms with E-state index in [1.54, 1.807) is 0 Å². The van der Waals surface area contributed by atoms with E-state index in [2.05, 4.69) is 47.7 Å². The quantitative estimate of drug-likeness (QED) is 0.722. The second kappa shape index (κ2) is 5.65. The smallest absolute Gasteiger partial charge is 0.192 e. The zero-order valence-corrected chi connectivity index (χ0v) is 13.2. The lowest BCUT2D eigenvalue weighted by atomic mass is 9.89. The molecule has 0 rings (SSSR count). The number of aliphatic hydroxyl groups excluding tert-OH is 1. The highest BCUT2D eigenvalue weighted by Gasteiger charge is 2.38. The van der Waals surface area contributed by atoms with Gasteiger partial charge in [0, 0.05) is 13.2 Å². The van der Waals surface area contributed by atoms with E-state index < -0.39 is 8.32 Å². The van der Waals surface area contributed by atoms with Crippen LogP contribution in [0.4, 0.5) is 0 Å². The first kappa shape index (κ1) is 16.1. The number of aliphatic hydroxyl groups is 1. The molecule has 0 aromatic rings. The van der Waals surface area contributed by atoms with Gasteiger partial charge in [0.15, 0.2) is 8.32 Å². The molecule has 1 N–H and O–H groups in total. The van der Waals surface area contributed by atoms with Crippen LogP contribution in [0.25, 0.3) is 0 Å². The van der Waals surface area contributed by atoms with Gasteiger partial charge < -0.3 is 9.53 Å². The first-order chi connectivity index (χ1) is 7.02. The molecule has 0 heterocycles. The summed E-state index contributed by atoms with van der Waals surface area (Å²) in [5.74, 6) is 0. The lowest BCUT2D eigenvalue weighted by molar-refractivity contribution is 0.143. The number of hydrogen-bond acceptors (Lipinski definition) is 2. The monoisotopic (exact) mass is 246 g/mol. The SMILES string of the molecule is CC(C)(CCCO)CO[Si](C)(C)C(C)(C)C. The summed E-state index contributed by atoms with van der Waals surface area (Å²) in [5.41, 5.74) is 0.179. The summed E-state index contributed by atoms with van der Waals surface area (Å²) in [6.07, 6.45) is 1.89. The minimum Gasteiger partial charge on any atom is -0.416 e. The lowest BCUT2D eigenvalue weighted by Gasteiger charge is -2.39. The topological polar surface area (TPSA) is 29.5 Å². The molecule has 0 aliphatic carbocycles. The molecule has 0 saturated carbocycles. The van der Waals surface area contributed by atoms with Gasteiger partial charge in [-0.3, -0.25) is 0 Å². The summed E-state index contributed by atoms with van der Waals surface area (Å²) in [7, 11) is -1.62. The van der Waals surface area contributed by atoms with E-state index in [0.717, 1.165) is 19.4 Å². The molecule has 0 aromatic carbocycles. The van der Waals surface area contributed by atoms with Crippen LogP contribution in [0.15, 0.2) is 0 Å². The van der Waals surface area contributed by atoms with Crippen molar-refractivity contribution in [2.45, 2.75) is 65.6 Å². The van der Waals surface area contributed by atoms with Crippen molar-refractivity contribution in [1.29, 1.82) is 0 Å². The summed E-state index contributed by atoms with van der Waals surface area (Å²) >= 11 is 0. The van der Waals surface area contributed by atoms with Crippen LogP contribution in [0.5, 0.6) is 0 Å². The summed E-state index contributed by atoms with van der Waals surface area (Å²) in [5, 5.41) is 9.13. The van der Waals surface area contributed by atoms with E-state index >= 15 is 0 Å². The third-order valence-corrected chi connectivity index (χ3v) is 8.12. The average molecular weight is 246 g/mol. The Morgan fingerprint density at radius 1 is 1.06 bits per heavy atom. The number of hydrogen-bond donors (Lipinski definition) is 1. The van der Waals surface area contributed by atoms with Crippen LogP contribution in [-0.4, -0.2) is 26.6 Å². The number of rotatable bonds is 6. The van der Waals surface area contributed by atoms with E-state index in [1.165, 1.54) is 0 Å². The molecule has 0 atom stereocenters. The maximum Gasteiger partial charge on any atom is 0.192 e. The van der Waals surface area contributed by atoms with Crippen molar-refractivity contribution in [3.05, 3.63) is 0 Å². The molecule has 16 heavy (non-hydrogen) atoms. The van der Waals surface area contributed by atoms with E-state index in [9.17, 15) is 0 Å². The maximum atomic E-state index is 8.85. The molecule has 0 bridgehead atoms. The van der Waals surface area contributed by atoms with Crippen molar-refractivity contribution in [3.8, 4) is 0 Å². The van der Waals surface area contributed by atoms with Crippen molar-refractivity contribution in [2.24, 2.45) is 5.41 Å². The molecular formula is C13H30O2Si. The molecular weight excluding hydrogens is 216 g/mol. The Morgan fingerprint density at radius 3 is 1.94 bits per heavy atom. The van der Waals surface area contributed by atoms with Crippen LogP contribution in [0.1, 0.15) is 47.5 Å². The first-order valence-corrected chi connectivity index (χ1v) is 9.17. The standard InChI is InChI=1S/C13H30O2Si/c1-12(2,3)16(6,7)15-11-13(4,5)9-8-10-14/h14H,8-11H2,1-7H3. The second-order valence-electron chi connectivity index (χ2n) is 7.04. The lowest BCUT2D eigenvalue weighted by Crippen LogP contribution is -2.43. The van der Waals surface area contributed by atoms with Crippen LogP contribution >= 0.6 is 0 Å². The van der Waals surface area contributed by atoms with Crippen LogP contribution in [0, 0.1) is 5.41 Å². The molecule has 0 fully saturated rings. The van der Waals surface area contributed by atoms with Gasteiger partial charge in [0.05, 0.1) is 0 Å². The minimum absolute atomic E-state index is 0.179. The summed E-state index contributed by atoms with van der Waals surface area (Å²) in [4.78, 5) is 0. The van der Waals surface area contributed by atoms with Gasteiger partial charge >= 0.3 is 0 Å². The van der Waals surface area contributed by atoms with Crippen molar-refractivity contribution in [2.75, 3.05) is 13.2 Å². The maximum absolute atomic E-state index is 8.85. The largest absolute Gasteiger partial charge is 0.416 e. The Kier molecular flexibility index (Phi) is 5.70. The van der Waals surface area contributed by atoms with Crippen LogP contribution in [0.3, 0.4) is 0 Å². The molecule has 0 amide bonds. The van der Waals surface area contributed by atoms with Gasteiger partial charge in [0.25, 0.3) is 0 Å². The highest BCUT2D eigenvalue weighted by molar-refractivity contribution is 6.74. The molecule has 0 aliphatic heterocycles. The molecule has 0 aromatic heterocycles. The molecule has 0 aliphatic rings. The average Bonchev–Trinajstić information content (AvgIpc) is 2.10. The third kappa shape index (κ3) is 5.46. The van der Waals surface area contributed by atoms with Crippen LogP contribution < -0.4 is 0 Å². The fourth-order valence-corrected chi connectivity index (χ4v) is 2.41. The Bertz CT molecular complexity index is 204. The highest BCUT2D eigenvalue weighted by Crippen LogP contribution is 2.38. The Morgan fingerprint density at radius 2 is 1.56 bits per heavy atom. The van der Waals surface area contributed by atoms with Crippen molar-refractivity contribution in [3.63, 3.8) is 0 Å². The van der Waals surface area contributed by atoms with Gasteiger partial charge in [0.1, 0.15) is 0 Å². The van der Waals surface area contributed by atoms with Crippen molar-refractivity contribution >= 4 is 8.32 Å². The predicted octanol–water partition coefficient (Wildman–Crippen LogP) is 3.81. The second-order valence-corrected chi connectivity index (χ2v) is 11.8. The van der Waals surface area contributed by atoms with E-state index in [4.69, 9.17) is 9.53 Å². The van der Waals surface area contributed by atoms with Gasteiger partial charge in [-0.25, -0.2) is 0 Å². The van der Waals surface area contributed by atoms with Crippen molar-refractivity contribution in [1.82, 2.24) is 0 Å². The molecule has 0 spiro atoms. The highest BCUT2D eigenvalue weighted by atomic mass is 28.4. The first-order valence-electron chi connectivity index (χ1n) is 6.27. The fourth-order valence-electron chi connectivity index (χ4n) is 1.22. The fraction of sp³-hybridized carbons (Fsp3) is 1.00. The third-order valence-electron chi connectivity index (χ3n) is 3.64. The molecule has 0 unspecified atom stereocenters. The summed E-state index contributed by atoms with van der Waals surface area (Å²) < 4.78 is 6.21. The Labute approximate surface area is 103 Å². The van der Waals surface area contributed by atoms with Gasteiger partial charge in [-0.05, 0) is 36.4 Å². The summed E-state index contributed by atoms with van der Waals surface area (Å²) in [6, 6.07) is 0. The molecule has 0 saturated heterocycles. The van der Waals surface area contributed by atoms with Gasteiger partial charge in [-0.2, -0.15) is 0 Å². The van der Waals surface area contributed by atoms with Gasteiger partial charge in [-0.1, -0.05) is 34.6 Å². The van der Waals surface area contributed by atoms with E-state index in [-0.39, 0.29) is 17.1 Å². The van der Waals surface area contributed by atoms with Crippen LogP contribution in [0.2, 0.25) is 18.1 Å². The van der Waals surface area contributed by atoms with Gasteiger partial charge in [-0.15, -0.1) is 0 Å². The minimum atomic E-state index is -1.62. The van der Waals surface area contributed by atoms with E-state index in [0.29, 0.717) is 0 Å². The van der Waals surface area contributed by atoms with Crippen LogP contribution in [-0.2, 0) is 4.43 Å². The van der Waals surface area contributed by atoms with Gasteiger partial charge in [0.2, 0.25) is 0 Å². The van der Waals surface area contributed by atoms with Crippen molar-refractivity contribution < 1.29 is 9.53 Å². The zero-order chi connectivity index (χ0) is 13.0. The van der Waals surface area contributed by atoms with E-state index in [1.807, 2.05) is 0 Å². The molecule has 0 radical (unpaired) electrons. The molecule has 98 valence electrons.